The molecule has 0 aliphatic carbocycles. The highest BCUT2D eigenvalue weighted by molar-refractivity contribution is 14.1. The third-order valence-electron chi connectivity index (χ3n) is 7.01. The Morgan fingerprint density at radius 1 is 1.19 bits per heavy atom. The van der Waals surface area contributed by atoms with Crippen molar-refractivity contribution in [2.75, 3.05) is 19.8 Å². The molecule has 5 nitrogen and oxygen atoms in total. The molecule has 0 spiro atoms. The Labute approximate surface area is 196 Å². The van der Waals surface area contributed by atoms with Gasteiger partial charge in [0.25, 0.3) is 0 Å². The topological polar surface area (TPSA) is 41.2 Å². The molecule has 1 aromatic carbocycles. The van der Waals surface area contributed by atoms with E-state index in [0.717, 1.165) is 65.5 Å². The lowest BCUT2D eigenvalue weighted by atomic mass is 9.95. The van der Waals surface area contributed by atoms with Gasteiger partial charge in [-0.05, 0) is 80.2 Å². The number of fused-ring (bicyclic) bond motifs is 2. The first kappa shape index (κ1) is 21.6. The molecule has 3 aromatic rings. The van der Waals surface area contributed by atoms with Gasteiger partial charge in [0.05, 0.1) is 15.1 Å². The Morgan fingerprint density at radius 3 is 2.71 bits per heavy atom. The van der Waals surface area contributed by atoms with Crippen LogP contribution >= 0.6 is 22.6 Å². The molecule has 7 heteroatoms. The van der Waals surface area contributed by atoms with Crippen molar-refractivity contribution in [2.45, 2.75) is 76.7 Å². The predicted octanol–water partition coefficient (Wildman–Crippen LogP) is 6.50. The van der Waals surface area contributed by atoms with E-state index < -0.39 is 6.17 Å². The van der Waals surface area contributed by atoms with Gasteiger partial charge in [0.15, 0.2) is 0 Å². The third kappa shape index (κ3) is 3.91. The maximum absolute atomic E-state index is 14.9. The molecule has 2 saturated heterocycles. The highest BCUT2D eigenvalue weighted by Gasteiger charge is 2.28. The van der Waals surface area contributed by atoms with Crippen LogP contribution in [-0.2, 0) is 9.47 Å². The van der Waals surface area contributed by atoms with Gasteiger partial charge in [-0.2, -0.15) is 5.10 Å². The zero-order valence-corrected chi connectivity index (χ0v) is 20.5. The summed E-state index contributed by atoms with van der Waals surface area (Å²) in [6.07, 6.45) is 7.05. The van der Waals surface area contributed by atoms with Crippen LogP contribution < -0.4 is 0 Å². The van der Waals surface area contributed by atoms with E-state index >= 15 is 0 Å². The van der Waals surface area contributed by atoms with Crippen molar-refractivity contribution in [3.63, 3.8) is 0 Å². The van der Waals surface area contributed by atoms with Crippen LogP contribution in [0.1, 0.15) is 76.3 Å². The summed E-state index contributed by atoms with van der Waals surface area (Å²) < 4.78 is 31.9. The lowest BCUT2D eigenvalue weighted by molar-refractivity contribution is -0.0390. The molecule has 0 saturated carbocycles. The molecule has 0 amide bonds. The number of halogens is 2. The SMILES string of the molecule is CC[C@@H](F)C(C)n1c(C2CCOCC2)cc2c(I)c3nn(C4CCCCO4)cc3cc21. The second-order valence-electron chi connectivity index (χ2n) is 8.98. The minimum absolute atomic E-state index is 0.0190. The van der Waals surface area contributed by atoms with Crippen LogP contribution in [-0.4, -0.2) is 40.3 Å². The van der Waals surface area contributed by atoms with Crippen molar-refractivity contribution < 1.29 is 13.9 Å². The summed E-state index contributed by atoms with van der Waals surface area (Å²) in [4.78, 5) is 0. The van der Waals surface area contributed by atoms with Crippen LogP contribution in [0.5, 0.6) is 0 Å². The normalized spacial score (nSPS) is 22.9. The van der Waals surface area contributed by atoms with Crippen molar-refractivity contribution in [2.24, 2.45) is 0 Å². The van der Waals surface area contributed by atoms with Crippen molar-refractivity contribution in [3.8, 4) is 0 Å². The number of hydrogen-bond acceptors (Lipinski definition) is 3. The molecule has 0 radical (unpaired) electrons. The summed E-state index contributed by atoms with van der Waals surface area (Å²) in [6.45, 7) is 6.30. The molecule has 4 heterocycles. The van der Waals surface area contributed by atoms with Crippen molar-refractivity contribution in [3.05, 3.63) is 27.6 Å². The molecule has 2 unspecified atom stereocenters. The Kier molecular flexibility index (Phi) is 6.27. The maximum Gasteiger partial charge on any atom is 0.150 e. The fraction of sp³-hybridized carbons (Fsp3) is 0.625. The van der Waals surface area contributed by atoms with Crippen LogP contribution in [0, 0.1) is 3.57 Å². The Bertz CT molecular complexity index is 1070. The van der Waals surface area contributed by atoms with Crippen LogP contribution in [0.2, 0.25) is 0 Å². The summed E-state index contributed by atoms with van der Waals surface area (Å²) in [5.41, 5.74) is 3.37. The number of benzene rings is 1. The highest BCUT2D eigenvalue weighted by Crippen LogP contribution is 2.40. The number of rotatable bonds is 5. The van der Waals surface area contributed by atoms with E-state index in [-0.39, 0.29) is 12.3 Å². The Morgan fingerprint density at radius 2 is 2.00 bits per heavy atom. The van der Waals surface area contributed by atoms with E-state index in [1.807, 2.05) is 18.5 Å². The monoisotopic (exact) mass is 539 g/mol. The standard InChI is InChI=1S/C24H31FIN3O2/c1-3-19(25)15(2)29-20(16-7-10-30-11-8-16)13-18-21(29)12-17-14-28(27-24(17)23(18)26)22-6-4-5-9-31-22/h12-16,19,22H,3-11H2,1-2H3/t15?,19-,22?/m1/s1. The molecule has 168 valence electrons. The average Bonchev–Trinajstić information content (AvgIpc) is 3.42. The van der Waals surface area contributed by atoms with Gasteiger partial charge >= 0.3 is 0 Å². The summed E-state index contributed by atoms with van der Waals surface area (Å²) in [5, 5.41) is 7.19. The van der Waals surface area contributed by atoms with Gasteiger partial charge in [-0.3, -0.25) is 0 Å². The van der Waals surface area contributed by atoms with Crippen LogP contribution in [0.25, 0.3) is 21.8 Å². The van der Waals surface area contributed by atoms with Crippen molar-refractivity contribution in [1.29, 1.82) is 0 Å². The number of nitrogens with zero attached hydrogens (tertiary/aromatic N) is 3. The van der Waals surface area contributed by atoms with E-state index in [2.05, 4.69) is 45.5 Å². The number of alkyl halides is 1. The lowest BCUT2D eigenvalue weighted by Crippen LogP contribution is -2.23. The Balaban J connectivity index is 1.66. The molecule has 31 heavy (non-hydrogen) atoms. The maximum atomic E-state index is 14.9. The van der Waals surface area contributed by atoms with Gasteiger partial charge in [0.1, 0.15) is 17.9 Å². The molecule has 5 rings (SSSR count). The molecule has 2 aromatic heterocycles. The molecule has 2 fully saturated rings. The minimum Gasteiger partial charge on any atom is -0.381 e. The number of hydrogen-bond donors (Lipinski definition) is 0. The van der Waals surface area contributed by atoms with Gasteiger partial charge < -0.3 is 14.0 Å². The number of aromatic nitrogens is 3. The first-order valence-electron chi connectivity index (χ1n) is 11.6. The van der Waals surface area contributed by atoms with E-state index in [4.69, 9.17) is 14.6 Å². The first-order chi connectivity index (χ1) is 15.1. The van der Waals surface area contributed by atoms with Crippen LogP contribution in [0.4, 0.5) is 4.39 Å². The van der Waals surface area contributed by atoms with E-state index in [0.29, 0.717) is 12.3 Å². The molecule has 0 bridgehead atoms. The first-order valence-corrected chi connectivity index (χ1v) is 12.7. The highest BCUT2D eigenvalue weighted by atomic mass is 127. The number of ether oxygens (including phenoxy) is 2. The largest absolute Gasteiger partial charge is 0.381 e. The third-order valence-corrected chi connectivity index (χ3v) is 8.11. The quantitative estimate of drug-likeness (QED) is 0.348. The van der Waals surface area contributed by atoms with Crippen LogP contribution in [0.15, 0.2) is 18.3 Å². The predicted molar refractivity (Wildman–Crippen MR) is 129 cm³/mol. The van der Waals surface area contributed by atoms with E-state index in [1.165, 1.54) is 17.5 Å². The fourth-order valence-electron chi connectivity index (χ4n) is 5.19. The molecule has 0 N–H and O–H groups in total. The summed E-state index contributed by atoms with van der Waals surface area (Å²) in [6, 6.07) is 4.30. The van der Waals surface area contributed by atoms with E-state index in [9.17, 15) is 4.39 Å². The molecular formula is C24H31FIN3O2. The van der Waals surface area contributed by atoms with Crippen LogP contribution in [0.3, 0.4) is 0 Å². The van der Waals surface area contributed by atoms with Gasteiger partial charge in [-0.25, -0.2) is 9.07 Å². The molecule has 3 atom stereocenters. The van der Waals surface area contributed by atoms with Gasteiger partial charge in [-0.1, -0.05) is 6.92 Å². The zero-order valence-electron chi connectivity index (χ0n) is 18.3. The van der Waals surface area contributed by atoms with Crippen molar-refractivity contribution >= 4 is 44.4 Å². The Hall–Kier alpha value is -1.19. The van der Waals surface area contributed by atoms with Crippen molar-refractivity contribution in [1.82, 2.24) is 14.3 Å². The molecule has 2 aliphatic heterocycles. The summed E-state index contributed by atoms with van der Waals surface area (Å²) in [7, 11) is 0. The summed E-state index contributed by atoms with van der Waals surface area (Å²) in [5.74, 6) is 0.409. The zero-order chi connectivity index (χ0) is 21.5. The molecular weight excluding hydrogens is 508 g/mol. The van der Waals surface area contributed by atoms with Gasteiger partial charge in [-0.15, -0.1) is 0 Å². The van der Waals surface area contributed by atoms with Gasteiger partial charge in [0, 0.05) is 48.4 Å². The molecule has 2 aliphatic rings. The van der Waals surface area contributed by atoms with Gasteiger partial charge in [0.2, 0.25) is 0 Å². The summed E-state index contributed by atoms with van der Waals surface area (Å²) >= 11 is 2.42. The fourth-order valence-corrected chi connectivity index (χ4v) is 6.04. The second-order valence-corrected chi connectivity index (χ2v) is 10.1. The minimum atomic E-state index is -0.874. The smallest absolute Gasteiger partial charge is 0.150 e. The average molecular weight is 539 g/mol. The lowest BCUT2D eigenvalue weighted by Gasteiger charge is -2.28. The van der Waals surface area contributed by atoms with E-state index in [1.54, 1.807) is 0 Å². The second kappa shape index (κ2) is 8.98.